The minimum Gasteiger partial charge on any atom is -0.395 e. The molecule has 8 nitrogen and oxygen atoms in total. The first-order valence-electron chi connectivity index (χ1n) is 12.8. The molecule has 0 bridgehead atoms. The van der Waals surface area contributed by atoms with Gasteiger partial charge in [-0.3, -0.25) is 9.59 Å². The molecule has 3 aromatic rings. The molecule has 1 fully saturated rings. The van der Waals surface area contributed by atoms with Crippen LogP contribution in [0, 0.1) is 6.92 Å². The van der Waals surface area contributed by atoms with E-state index >= 15 is 0 Å². The van der Waals surface area contributed by atoms with Gasteiger partial charge in [0.2, 0.25) is 5.91 Å². The maximum absolute atomic E-state index is 13.4. The summed E-state index contributed by atoms with van der Waals surface area (Å²) < 4.78 is 40.9. The van der Waals surface area contributed by atoms with Gasteiger partial charge in [0.05, 0.1) is 11.1 Å². The number of benzene rings is 2. The standard InChI is InChI=1S/C29H29F2N3O5/c1-18-8-11-24(33-25(18)19-6-5-7-20(16-19)26(35)32-14-3-4-15-37-2)34-27(36)28(12-13-28)21-9-10-22-23(17-21)39-29(30,31)38-22/h5-11,16-17H,3-4,12-15H2,1-2H3,(H,32,35)(H,33,34,36). The Morgan fingerprint density at radius 2 is 1.82 bits per heavy atom. The van der Waals surface area contributed by atoms with Gasteiger partial charge in [-0.2, -0.15) is 0 Å². The summed E-state index contributed by atoms with van der Waals surface area (Å²) in [6.07, 6.45) is -0.900. The van der Waals surface area contributed by atoms with Crippen LogP contribution in [0.2, 0.25) is 0 Å². The Kier molecular flexibility index (Phi) is 7.22. The lowest BCUT2D eigenvalue weighted by atomic mass is 9.94. The summed E-state index contributed by atoms with van der Waals surface area (Å²) in [6.45, 7) is 3.11. The van der Waals surface area contributed by atoms with E-state index in [2.05, 4.69) is 25.1 Å². The van der Waals surface area contributed by atoms with Gasteiger partial charge >= 0.3 is 6.29 Å². The predicted octanol–water partition coefficient (Wildman–Crippen LogP) is 5.21. The number of hydrogen-bond acceptors (Lipinski definition) is 6. The van der Waals surface area contributed by atoms with Crippen LogP contribution in [0.3, 0.4) is 0 Å². The number of hydrogen-bond donors (Lipinski definition) is 2. The first-order chi connectivity index (χ1) is 18.7. The SMILES string of the molecule is COCCCCNC(=O)c1cccc(-c2nc(NC(=O)C3(c4ccc5c(c4)OC(F)(F)O5)CC3)ccc2C)c1. The highest BCUT2D eigenvalue weighted by atomic mass is 19.3. The Bertz CT molecular complexity index is 1410. The summed E-state index contributed by atoms with van der Waals surface area (Å²) in [5.74, 6) is -0.254. The number of carbonyl (C=O) groups excluding carboxylic acids is 2. The van der Waals surface area contributed by atoms with Crippen molar-refractivity contribution in [3.8, 4) is 22.8 Å². The lowest BCUT2D eigenvalue weighted by molar-refractivity contribution is -0.286. The summed E-state index contributed by atoms with van der Waals surface area (Å²) in [5.41, 5.74) is 2.49. The van der Waals surface area contributed by atoms with Crippen molar-refractivity contribution in [1.82, 2.24) is 10.3 Å². The molecule has 39 heavy (non-hydrogen) atoms. The van der Waals surface area contributed by atoms with Gasteiger partial charge in [0.25, 0.3) is 5.91 Å². The van der Waals surface area contributed by atoms with Crippen molar-refractivity contribution in [2.24, 2.45) is 0 Å². The zero-order valence-corrected chi connectivity index (χ0v) is 21.7. The second-order valence-corrected chi connectivity index (χ2v) is 9.76. The Balaban J connectivity index is 1.30. The first kappa shape index (κ1) is 26.6. The Morgan fingerprint density at radius 1 is 1.03 bits per heavy atom. The van der Waals surface area contributed by atoms with Gasteiger partial charge in [-0.15, -0.1) is 8.78 Å². The fourth-order valence-electron chi connectivity index (χ4n) is 4.63. The predicted molar refractivity (Wildman–Crippen MR) is 140 cm³/mol. The van der Waals surface area contributed by atoms with E-state index in [9.17, 15) is 18.4 Å². The molecular formula is C29H29F2N3O5. The highest BCUT2D eigenvalue weighted by Crippen LogP contribution is 2.52. The third kappa shape index (κ3) is 5.70. The van der Waals surface area contributed by atoms with Gasteiger partial charge < -0.3 is 24.8 Å². The molecule has 204 valence electrons. The summed E-state index contributed by atoms with van der Waals surface area (Å²) >= 11 is 0. The molecule has 0 atom stereocenters. The number of amides is 2. The highest BCUT2D eigenvalue weighted by Gasteiger charge is 2.53. The number of methoxy groups -OCH3 is 1. The average molecular weight is 538 g/mol. The molecule has 2 N–H and O–H groups in total. The van der Waals surface area contributed by atoms with Gasteiger partial charge in [-0.25, -0.2) is 4.98 Å². The molecule has 0 radical (unpaired) electrons. The van der Waals surface area contributed by atoms with Crippen molar-refractivity contribution in [3.63, 3.8) is 0 Å². The number of unbranched alkanes of at least 4 members (excludes halogenated alkanes) is 1. The lowest BCUT2D eigenvalue weighted by Crippen LogP contribution is -2.28. The molecule has 1 aromatic heterocycles. The van der Waals surface area contributed by atoms with E-state index in [-0.39, 0.29) is 23.3 Å². The third-order valence-corrected chi connectivity index (χ3v) is 6.94. The van der Waals surface area contributed by atoms with Crippen molar-refractivity contribution in [2.75, 3.05) is 25.6 Å². The van der Waals surface area contributed by atoms with Crippen LogP contribution in [-0.4, -0.2) is 43.4 Å². The van der Waals surface area contributed by atoms with Gasteiger partial charge in [0.15, 0.2) is 11.5 Å². The number of alkyl halides is 2. The van der Waals surface area contributed by atoms with Crippen molar-refractivity contribution in [3.05, 3.63) is 71.3 Å². The molecule has 1 aliphatic heterocycles. The molecule has 2 amide bonds. The topological polar surface area (TPSA) is 98.8 Å². The van der Waals surface area contributed by atoms with Crippen molar-refractivity contribution in [1.29, 1.82) is 0 Å². The maximum Gasteiger partial charge on any atom is 0.586 e. The molecule has 1 aliphatic carbocycles. The van der Waals surface area contributed by atoms with Gasteiger partial charge in [-0.1, -0.05) is 24.3 Å². The van der Waals surface area contributed by atoms with Gasteiger partial charge in [-0.05, 0) is 74.1 Å². The van der Waals surface area contributed by atoms with E-state index in [0.717, 1.165) is 24.0 Å². The Morgan fingerprint density at radius 3 is 2.59 bits per heavy atom. The molecule has 2 aromatic carbocycles. The van der Waals surface area contributed by atoms with E-state index < -0.39 is 11.7 Å². The van der Waals surface area contributed by atoms with Crippen molar-refractivity contribution in [2.45, 2.75) is 44.3 Å². The number of pyridine rings is 1. The van der Waals surface area contributed by atoms with Crippen LogP contribution >= 0.6 is 0 Å². The van der Waals surface area contributed by atoms with Crippen LogP contribution in [0.25, 0.3) is 11.3 Å². The highest BCUT2D eigenvalue weighted by molar-refractivity contribution is 6.01. The summed E-state index contributed by atoms with van der Waals surface area (Å²) in [6, 6.07) is 15.2. The molecule has 1 saturated carbocycles. The Labute approximate surface area is 224 Å². The first-order valence-corrected chi connectivity index (χ1v) is 12.8. The fraction of sp³-hybridized carbons (Fsp3) is 0.345. The van der Waals surface area contributed by atoms with Crippen LogP contribution in [-0.2, 0) is 14.9 Å². The number of carbonyl (C=O) groups is 2. The number of fused-ring (bicyclic) bond motifs is 1. The number of anilines is 1. The zero-order valence-electron chi connectivity index (χ0n) is 21.7. The van der Waals surface area contributed by atoms with Crippen molar-refractivity contribution >= 4 is 17.6 Å². The molecule has 5 rings (SSSR count). The third-order valence-electron chi connectivity index (χ3n) is 6.94. The number of nitrogens with zero attached hydrogens (tertiary/aromatic N) is 1. The number of halogens is 2. The van der Waals surface area contributed by atoms with Crippen molar-refractivity contribution < 1.29 is 32.6 Å². The van der Waals surface area contributed by atoms with Gasteiger partial charge in [0.1, 0.15) is 5.82 Å². The summed E-state index contributed by atoms with van der Waals surface area (Å²) in [5, 5.41) is 5.80. The largest absolute Gasteiger partial charge is 0.586 e. The maximum atomic E-state index is 13.4. The molecule has 10 heteroatoms. The molecule has 0 spiro atoms. The number of rotatable bonds is 10. The van der Waals surface area contributed by atoms with Crippen LogP contribution < -0.4 is 20.1 Å². The van der Waals surface area contributed by atoms with E-state index in [0.29, 0.717) is 48.6 Å². The van der Waals surface area contributed by atoms with Crippen LogP contribution in [0.4, 0.5) is 14.6 Å². The fourth-order valence-corrected chi connectivity index (χ4v) is 4.63. The second-order valence-electron chi connectivity index (χ2n) is 9.76. The number of ether oxygens (including phenoxy) is 3. The van der Waals surface area contributed by atoms with E-state index in [1.165, 1.54) is 12.1 Å². The number of aryl methyl sites for hydroxylation is 1. The molecule has 2 aliphatic rings. The second kappa shape index (κ2) is 10.6. The molecule has 0 saturated heterocycles. The van der Waals surface area contributed by atoms with E-state index in [1.807, 2.05) is 19.1 Å². The minimum absolute atomic E-state index is 0.0631. The van der Waals surface area contributed by atoms with Crippen LogP contribution in [0.1, 0.15) is 47.2 Å². The number of aromatic nitrogens is 1. The lowest BCUT2D eigenvalue weighted by Gasteiger charge is -2.17. The quantitative estimate of drug-likeness (QED) is 0.345. The Hall–Kier alpha value is -4.05. The minimum atomic E-state index is -3.72. The van der Waals surface area contributed by atoms with E-state index in [1.54, 1.807) is 37.4 Å². The number of nitrogens with one attached hydrogen (secondary N) is 2. The van der Waals surface area contributed by atoms with Crippen LogP contribution in [0.15, 0.2) is 54.6 Å². The smallest absolute Gasteiger partial charge is 0.395 e. The molecule has 0 unspecified atom stereocenters. The van der Waals surface area contributed by atoms with Crippen LogP contribution in [0.5, 0.6) is 11.5 Å². The normalized spacial score (nSPS) is 16.0. The average Bonchev–Trinajstić information content (AvgIpc) is 3.66. The monoisotopic (exact) mass is 537 g/mol. The molecule has 2 heterocycles. The molecular weight excluding hydrogens is 508 g/mol. The van der Waals surface area contributed by atoms with Gasteiger partial charge in [0, 0.05) is 31.4 Å². The summed E-state index contributed by atoms with van der Waals surface area (Å²) in [7, 11) is 1.65. The zero-order chi connectivity index (χ0) is 27.6. The summed E-state index contributed by atoms with van der Waals surface area (Å²) in [4.78, 5) is 30.6. The van der Waals surface area contributed by atoms with E-state index in [4.69, 9.17) is 4.74 Å².